The van der Waals surface area contributed by atoms with Crippen LogP contribution in [0.2, 0.25) is 0 Å². The third-order valence-corrected chi connectivity index (χ3v) is 4.55. The summed E-state index contributed by atoms with van der Waals surface area (Å²) in [7, 11) is 0. The van der Waals surface area contributed by atoms with Gasteiger partial charge in [0.15, 0.2) is 0 Å². The normalized spacial score (nSPS) is 21.6. The minimum Gasteiger partial charge on any atom is -0.446 e. The Morgan fingerprint density at radius 2 is 1.68 bits per heavy atom. The maximum atomic E-state index is 11.9. The minimum atomic E-state index is -2.22. The summed E-state index contributed by atoms with van der Waals surface area (Å²) in [5.74, 6) is -0.846. The number of allylic oxidation sites excluding steroid dienone is 1. The number of carbonyl (C=O) groups excluding carboxylic acids is 3. The Kier molecular flexibility index (Phi) is 8.51. The lowest BCUT2D eigenvalue weighted by atomic mass is 9.93. The van der Waals surface area contributed by atoms with E-state index >= 15 is 0 Å². The van der Waals surface area contributed by atoms with Crippen LogP contribution in [0.25, 0.3) is 0 Å². The first-order valence-electron chi connectivity index (χ1n) is 8.06. The van der Waals surface area contributed by atoms with Crippen LogP contribution in [0, 0.1) is 5.92 Å². The summed E-state index contributed by atoms with van der Waals surface area (Å²) < 4.78 is 2.92. The first-order valence-corrected chi connectivity index (χ1v) is 9.20. The number of alkyl carbamates (subject to hydrolysis) is 1. The van der Waals surface area contributed by atoms with Gasteiger partial charge in [0.25, 0.3) is 9.70 Å². The van der Waals surface area contributed by atoms with Crippen LogP contribution in [-0.4, -0.2) is 33.8 Å². The van der Waals surface area contributed by atoms with Crippen molar-refractivity contribution < 1.29 is 19.1 Å². The average Bonchev–Trinajstić information content (AvgIpc) is 2.47. The number of hydrogen-bond donors (Lipinski definition) is 2. The molecule has 0 unspecified atom stereocenters. The second kappa shape index (κ2) is 9.64. The summed E-state index contributed by atoms with van der Waals surface area (Å²) in [6.45, 7) is 5.98. The number of ether oxygens (including phenoxy) is 1. The molecule has 1 aliphatic carbocycles. The van der Waals surface area contributed by atoms with Gasteiger partial charge in [0.1, 0.15) is 6.10 Å². The molecule has 0 aliphatic heterocycles. The predicted octanol–water partition coefficient (Wildman–Crippen LogP) is 3.64. The van der Waals surface area contributed by atoms with Gasteiger partial charge < -0.3 is 10.1 Å². The zero-order valence-corrected chi connectivity index (χ0v) is 16.7. The Morgan fingerprint density at radius 1 is 1.12 bits per heavy atom. The van der Waals surface area contributed by atoms with Crippen molar-refractivity contribution in [3.63, 3.8) is 0 Å². The van der Waals surface area contributed by atoms with E-state index in [0.29, 0.717) is 31.6 Å². The SMILES string of the molecule is C/C(=C\C(=O)NC1CCC(OC(=O)NC(=O)C(Cl)(Cl)Cl)CC1)C(C)C. The molecule has 25 heavy (non-hydrogen) atoms. The van der Waals surface area contributed by atoms with Gasteiger partial charge in [-0.3, -0.25) is 14.9 Å². The minimum absolute atomic E-state index is 0.0365. The summed E-state index contributed by atoms with van der Waals surface area (Å²) >= 11 is 16.1. The Labute approximate surface area is 162 Å². The highest BCUT2D eigenvalue weighted by molar-refractivity contribution is 6.76. The van der Waals surface area contributed by atoms with Crippen molar-refractivity contribution in [3.8, 4) is 0 Å². The molecule has 1 aliphatic rings. The topological polar surface area (TPSA) is 84.5 Å². The molecule has 0 atom stereocenters. The van der Waals surface area contributed by atoms with Crippen LogP contribution >= 0.6 is 34.8 Å². The number of imide groups is 1. The maximum Gasteiger partial charge on any atom is 0.414 e. The fourth-order valence-corrected chi connectivity index (χ4v) is 2.43. The van der Waals surface area contributed by atoms with Gasteiger partial charge in [0.2, 0.25) is 5.91 Å². The number of alkyl halides is 3. The molecule has 1 rings (SSSR count). The Morgan fingerprint density at radius 3 is 2.16 bits per heavy atom. The van der Waals surface area contributed by atoms with Crippen LogP contribution < -0.4 is 10.6 Å². The van der Waals surface area contributed by atoms with E-state index in [-0.39, 0.29) is 18.1 Å². The molecule has 0 aromatic rings. The van der Waals surface area contributed by atoms with Crippen LogP contribution in [0.15, 0.2) is 11.6 Å². The fraction of sp³-hybridized carbons (Fsp3) is 0.688. The van der Waals surface area contributed by atoms with Gasteiger partial charge in [0, 0.05) is 12.1 Å². The Balaban J connectivity index is 2.36. The van der Waals surface area contributed by atoms with Gasteiger partial charge in [-0.1, -0.05) is 54.2 Å². The highest BCUT2D eigenvalue weighted by atomic mass is 35.6. The zero-order valence-electron chi connectivity index (χ0n) is 14.4. The largest absolute Gasteiger partial charge is 0.446 e. The highest BCUT2D eigenvalue weighted by Crippen LogP contribution is 2.26. The van der Waals surface area contributed by atoms with E-state index in [1.807, 2.05) is 26.1 Å². The number of amides is 3. The van der Waals surface area contributed by atoms with Crippen molar-refractivity contribution in [3.05, 3.63) is 11.6 Å². The standard InChI is InChI=1S/C16H23Cl3N2O4/c1-9(2)10(3)8-13(22)20-11-4-6-12(7-5-11)25-15(24)21-14(23)16(17,18)19/h8-9,11-12H,4-7H2,1-3H3,(H,20,22)(H,21,23,24)/b10-8+. The lowest BCUT2D eigenvalue weighted by Gasteiger charge is -2.28. The fourth-order valence-electron chi connectivity index (χ4n) is 2.29. The third-order valence-electron chi connectivity index (χ3n) is 4.04. The van der Waals surface area contributed by atoms with Gasteiger partial charge in [-0.2, -0.15) is 0 Å². The van der Waals surface area contributed by atoms with E-state index in [1.54, 1.807) is 6.08 Å². The predicted molar refractivity (Wildman–Crippen MR) is 97.7 cm³/mol. The molecule has 0 saturated heterocycles. The van der Waals surface area contributed by atoms with E-state index in [9.17, 15) is 14.4 Å². The lowest BCUT2D eigenvalue weighted by molar-refractivity contribution is -0.120. The molecule has 1 fully saturated rings. The van der Waals surface area contributed by atoms with Gasteiger partial charge in [-0.25, -0.2) is 4.79 Å². The zero-order chi connectivity index (χ0) is 19.2. The Hall–Kier alpha value is -0.980. The summed E-state index contributed by atoms with van der Waals surface area (Å²) in [6.07, 6.45) is 2.83. The maximum absolute atomic E-state index is 11.9. The molecule has 0 aromatic carbocycles. The average molecular weight is 414 g/mol. The summed E-state index contributed by atoms with van der Waals surface area (Å²) in [5.41, 5.74) is 1.02. The van der Waals surface area contributed by atoms with Crippen molar-refractivity contribution in [1.29, 1.82) is 0 Å². The van der Waals surface area contributed by atoms with E-state index in [4.69, 9.17) is 39.5 Å². The number of halogens is 3. The molecular weight excluding hydrogens is 391 g/mol. The molecule has 0 aromatic heterocycles. The van der Waals surface area contributed by atoms with Crippen LogP contribution in [0.5, 0.6) is 0 Å². The van der Waals surface area contributed by atoms with E-state index in [2.05, 4.69) is 5.32 Å². The number of nitrogens with one attached hydrogen (secondary N) is 2. The van der Waals surface area contributed by atoms with Gasteiger partial charge in [0.05, 0.1) is 0 Å². The molecular formula is C16H23Cl3N2O4. The van der Waals surface area contributed by atoms with E-state index in [1.165, 1.54) is 0 Å². The molecule has 2 N–H and O–H groups in total. The van der Waals surface area contributed by atoms with Crippen molar-refractivity contribution in [2.24, 2.45) is 5.92 Å². The molecule has 0 radical (unpaired) electrons. The van der Waals surface area contributed by atoms with E-state index in [0.717, 1.165) is 5.57 Å². The molecule has 0 heterocycles. The third kappa shape index (κ3) is 8.29. The monoisotopic (exact) mass is 412 g/mol. The molecule has 142 valence electrons. The number of hydrogen-bond acceptors (Lipinski definition) is 4. The van der Waals surface area contributed by atoms with E-state index < -0.39 is 15.8 Å². The number of rotatable bonds is 4. The second-order valence-corrected chi connectivity index (χ2v) is 8.66. The van der Waals surface area contributed by atoms with Crippen molar-refractivity contribution >= 4 is 52.7 Å². The molecule has 3 amide bonds. The van der Waals surface area contributed by atoms with Crippen LogP contribution in [0.4, 0.5) is 4.79 Å². The van der Waals surface area contributed by atoms with Crippen molar-refractivity contribution in [2.75, 3.05) is 0 Å². The molecule has 0 bridgehead atoms. The quantitative estimate of drug-likeness (QED) is 0.544. The first-order chi connectivity index (χ1) is 11.5. The second-order valence-electron chi connectivity index (χ2n) is 6.38. The lowest BCUT2D eigenvalue weighted by Crippen LogP contribution is -2.42. The van der Waals surface area contributed by atoms with Crippen molar-refractivity contribution in [2.45, 2.75) is 62.4 Å². The molecule has 6 nitrogen and oxygen atoms in total. The van der Waals surface area contributed by atoms with Gasteiger partial charge in [-0.15, -0.1) is 0 Å². The molecule has 9 heteroatoms. The smallest absolute Gasteiger partial charge is 0.414 e. The van der Waals surface area contributed by atoms with Gasteiger partial charge in [-0.05, 0) is 38.5 Å². The Bertz CT molecular complexity index is 536. The van der Waals surface area contributed by atoms with Crippen molar-refractivity contribution in [1.82, 2.24) is 10.6 Å². The molecule has 1 saturated carbocycles. The number of carbonyl (C=O) groups is 3. The van der Waals surface area contributed by atoms with Crippen LogP contribution in [0.1, 0.15) is 46.5 Å². The summed E-state index contributed by atoms with van der Waals surface area (Å²) in [5, 5.41) is 4.82. The van der Waals surface area contributed by atoms with Crippen LogP contribution in [0.3, 0.4) is 0 Å². The summed E-state index contributed by atoms with van der Waals surface area (Å²) in [6, 6.07) is 0.0365. The summed E-state index contributed by atoms with van der Waals surface area (Å²) in [4.78, 5) is 34.9. The molecule has 0 spiro atoms. The van der Waals surface area contributed by atoms with Crippen LogP contribution in [-0.2, 0) is 14.3 Å². The van der Waals surface area contributed by atoms with Gasteiger partial charge >= 0.3 is 6.09 Å². The highest BCUT2D eigenvalue weighted by Gasteiger charge is 2.33. The first kappa shape index (κ1) is 22.1.